The highest BCUT2D eigenvalue weighted by atomic mass is 16.1. The number of hydrogen-bond acceptors (Lipinski definition) is 3. The summed E-state index contributed by atoms with van der Waals surface area (Å²) in [5.74, 6) is 0.272. The molecule has 5 nitrogen and oxygen atoms in total. The lowest BCUT2D eigenvalue weighted by Gasteiger charge is -2.01. The summed E-state index contributed by atoms with van der Waals surface area (Å²) in [7, 11) is 1.70. The van der Waals surface area contributed by atoms with E-state index in [1.165, 1.54) is 11.0 Å². The van der Waals surface area contributed by atoms with E-state index in [0.29, 0.717) is 11.4 Å². The maximum absolute atomic E-state index is 11.7. The van der Waals surface area contributed by atoms with E-state index in [9.17, 15) is 4.79 Å². The summed E-state index contributed by atoms with van der Waals surface area (Å²) in [6.07, 6.45) is 1.51. The predicted molar refractivity (Wildman–Crippen MR) is 60.1 cm³/mol. The molecule has 0 atom stereocenters. The van der Waals surface area contributed by atoms with E-state index in [2.05, 4.69) is 15.5 Å². The fraction of sp³-hybridized carbons (Fsp3) is 0.182. The third-order valence-electron chi connectivity index (χ3n) is 2.15. The molecule has 1 amide bonds. The Bertz CT molecular complexity index is 501. The average molecular weight is 216 g/mol. The number of hydrogen-bond donors (Lipinski definition) is 1. The van der Waals surface area contributed by atoms with Crippen molar-refractivity contribution in [3.63, 3.8) is 0 Å². The van der Waals surface area contributed by atoms with Crippen molar-refractivity contribution in [1.82, 2.24) is 15.0 Å². The second-order valence-corrected chi connectivity index (χ2v) is 3.54. The minimum absolute atomic E-state index is 0.180. The number of benzene rings is 1. The van der Waals surface area contributed by atoms with Crippen LogP contribution in [0, 0.1) is 6.92 Å². The number of carbonyl (C=O) groups excluding carboxylic acids is 1. The lowest BCUT2D eigenvalue weighted by Crippen LogP contribution is -2.12. The highest BCUT2D eigenvalue weighted by Crippen LogP contribution is 2.06. The average Bonchev–Trinajstić information content (AvgIpc) is 2.65. The second-order valence-electron chi connectivity index (χ2n) is 3.54. The van der Waals surface area contributed by atoms with Crippen LogP contribution in [0.15, 0.2) is 30.5 Å². The SMILES string of the molecule is Cc1ccc(C(=O)Nc2cnn(C)n2)cc1. The van der Waals surface area contributed by atoms with Gasteiger partial charge in [0, 0.05) is 12.6 Å². The molecular weight excluding hydrogens is 204 g/mol. The van der Waals surface area contributed by atoms with E-state index in [1.54, 1.807) is 19.2 Å². The molecule has 0 spiro atoms. The van der Waals surface area contributed by atoms with Crippen LogP contribution in [-0.4, -0.2) is 20.9 Å². The van der Waals surface area contributed by atoms with Gasteiger partial charge in [0.15, 0.2) is 5.82 Å². The maximum atomic E-state index is 11.7. The summed E-state index contributed by atoms with van der Waals surface area (Å²) >= 11 is 0. The molecule has 5 heteroatoms. The van der Waals surface area contributed by atoms with Crippen LogP contribution in [0.4, 0.5) is 5.82 Å². The summed E-state index contributed by atoms with van der Waals surface area (Å²) in [4.78, 5) is 13.1. The monoisotopic (exact) mass is 216 g/mol. The van der Waals surface area contributed by atoms with E-state index in [0.717, 1.165) is 5.56 Å². The number of nitrogens with one attached hydrogen (secondary N) is 1. The van der Waals surface area contributed by atoms with Gasteiger partial charge in [0.25, 0.3) is 5.91 Å². The molecule has 2 aromatic rings. The fourth-order valence-electron chi connectivity index (χ4n) is 1.30. The van der Waals surface area contributed by atoms with Gasteiger partial charge in [-0.2, -0.15) is 9.90 Å². The van der Waals surface area contributed by atoms with Crippen LogP contribution in [0.1, 0.15) is 15.9 Å². The van der Waals surface area contributed by atoms with Gasteiger partial charge in [-0.05, 0) is 19.1 Å². The van der Waals surface area contributed by atoms with Crippen molar-refractivity contribution in [2.75, 3.05) is 5.32 Å². The Labute approximate surface area is 93.1 Å². The molecule has 1 aromatic heterocycles. The number of nitrogens with zero attached hydrogens (tertiary/aromatic N) is 3. The van der Waals surface area contributed by atoms with Crippen molar-refractivity contribution in [2.24, 2.45) is 7.05 Å². The molecule has 1 heterocycles. The first-order valence-corrected chi connectivity index (χ1v) is 4.89. The van der Waals surface area contributed by atoms with E-state index < -0.39 is 0 Å². The Morgan fingerprint density at radius 1 is 1.31 bits per heavy atom. The molecule has 0 aliphatic carbocycles. The smallest absolute Gasteiger partial charge is 0.256 e. The van der Waals surface area contributed by atoms with E-state index >= 15 is 0 Å². The van der Waals surface area contributed by atoms with Crippen molar-refractivity contribution in [2.45, 2.75) is 6.92 Å². The standard InChI is InChI=1S/C11H12N4O/c1-8-3-5-9(6-4-8)11(16)13-10-7-12-15(2)14-10/h3-7H,1-2H3,(H,13,14,16). The summed E-state index contributed by atoms with van der Waals surface area (Å²) in [5.41, 5.74) is 1.73. The number of amides is 1. The zero-order valence-electron chi connectivity index (χ0n) is 9.14. The van der Waals surface area contributed by atoms with Crippen molar-refractivity contribution < 1.29 is 4.79 Å². The summed E-state index contributed by atoms with van der Waals surface area (Å²) in [6.45, 7) is 1.98. The third-order valence-corrected chi connectivity index (χ3v) is 2.15. The predicted octanol–water partition coefficient (Wildman–Crippen LogP) is 1.38. The number of aryl methyl sites for hydroxylation is 2. The van der Waals surface area contributed by atoms with Gasteiger partial charge in [0.05, 0.1) is 6.20 Å². The first-order valence-electron chi connectivity index (χ1n) is 4.89. The van der Waals surface area contributed by atoms with Crippen molar-refractivity contribution >= 4 is 11.7 Å². The Morgan fingerprint density at radius 3 is 2.56 bits per heavy atom. The van der Waals surface area contributed by atoms with Crippen LogP contribution in [0.3, 0.4) is 0 Å². The van der Waals surface area contributed by atoms with Gasteiger partial charge in [0.2, 0.25) is 0 Å². The zero-order chi connectivity index (χ0) is 11.5. The van der Waals surface area contributed by atoms with Gasteiger partial charge in [-0.3, -0.25) is 4.79 Å². The Hall–Kier alpha value is -2.17. The third kappa shape index (κ3) is 2.25. The first kappa shape index (κ1) is 10.4. The number of anilines is 1. The number of rotatable bonds is 2. The van der Waals surface area contributed by atoms with Crippen molar-refractivity contribution in [3.05, 3.63) is 41.6 Å². The molecular formula is C11H12N4O. The number of carbonyl (C=O) groups is 1. The van der Waals surface area contributed by atoms with Crippen LogP contribution < -0.4 is 5.32 Å². The summed E-state index contributed by atoms with van der Waals surface area (Å²) in [5, 5.41) is 10.5. The molecule has 0 saturated carbocycles. The normalized spacial score (nSPS) is 10.1. The van der Waals surface area contributed by atoms with E-state index in [4.69, 9.17) is 0 Å². The molecule has 16 heavy (non-hydrogen) atoms. The van der Waals surface area contributed by atoms with Gasteiger partial charge in [-0.25, -0.2) is 0 Å². The largest absolute Gasteiger partial charge is 0.304 e. The maximum Gasteiger partial charge on any atom is 0.256 e. The second kappa shape index (κ2) is 4.14. The van der Waals surface area contributed by atoms with Crippen LogP contribution in [0.25, 0.3) is 0 Å². The molecule has 0 bridgehead atoms. The first-order chi connectivity index (χ1) is 7.65. The van der Waals surface area contributed by atoms with Crippen LogP contribution >= 0.6 is 0 Å². The Balaban J connectivity index is 2.11. The Kier molecular flexibility index (Phi) is 2.68. The Morgan fingerprint density at radius 2 is 2.00 bits per heavy atom. The lowest BCUT2D eigenvalue weighted by molar-refractivity contribution is 0.102. The number of aromatic nitrogens is 3. The van der Waals surface area contributed by atoms with Gasteiger partial charge < -0.3 is 5.32 Å². The van der Waals surface area contributed by atoms with Gasteiger partial charge in [0.1, 0.15) is 0 Å². The van der Waals surface area contributed by atoms with Gasteiger partial charge in [-0.1, -0.05) is 17.7 Å². The van der Waals surface area contributed by atoms with E-state index in [-0.39, 0.29) is 5.91 Å². The molecule has 0 aliphatic rings. The molecule has 0 aliphatic heterocycles. The lowest BCUT2D eigenvalue weighted by atomic mass is 10.1. The minimum Gasteiger partial charge on any atom is -0.304 e. The fourth-order valence-corrected chi connectivity index (χ4v) is 1.30. The molecule has 2 rings (SSSR count). The molecule has 0 radical (unpaired) electrons. The summed E-state index contributed by atoms with van der Waals surface area (Å²) in [6, 6.07) is 7.35. The van der Waals surface area contributed by atoms with Crippen molar-refractivity contribution in [3.8, 4) is 0 Å². The zero-order valence-corrected chi connectivity index (χ0v) is 9.14. The van der Waals surface area contributed by atoms with Gasteiger partial charge in [-0.15, -0.1) is 5.10 Å². The molecule has 0 saturated heterocycles. The highest BCUT2D eigenvalue weighted by Gasteiger charge is 2.07. The molecule has 0 unspecified atom stereocenters. The topological polar surface area (TPSA) is 59.8 Å². The highest BCUT2D eigenvalue weighted by molar-refractivity contribution is 6.03. The van der Waals surface area contributed by atoms with E-state index in [1.807, 2.05) is 19.1 Å². The van der Waals surface area contributed by atoms with Crippen LogP contribution in [-0.2, 0) is 7.05 Å². The molecule has 0 fully saturated rings. The molecule has 82 valence electrons. The quantitative estimate of drug-likeness (QED) is 0.824. The van der Waals surface area contributed by atoms with Crippen LogP contribution in [0.2, 0.25) is 0 Å². The summed E-state index contributed by atoms with van der Waals surface area (Å²) < 4.78 is 0. The van der Waals surface area contributed by atoms with Crippen LogP contribution in [0.5, 0.6) is 0 Å². The van der Waals surface area contributed by atoms with Gasteiger partial charge >= 0.3 is 0 Å². The molecule has 1 N–H and O–H groups in total. The minimum atomic E-state index is -0.180. The molecule has 1 aromatic carbocycles. The van der Waals surface area contributed by atoms with Crippen molar-refractivity contribution in [1.29, 1.82) is 0 Å².